The highest BCUT2D eigenvalue weighted by Crippen LogP contribution is 2.33. The number of nitrogen functional groups attached to an aromatic ring is 1. The SMILES string of the molecule is COc1cc(Cl)ccc1-c1nc(C#N)c(N)o1. The van der Waals surface area contributed by atoms with Crippen LogP contribution in [0.25, 0.3) is 11.5 Å². The van der Waals surface area contributed by atoms with Gasteiger partial charge >= 0.3 is 0 Å². The van der Waals surface area contributed by atoms with E-state index in [0.29, 0.717) is 16.3 Å². The predicted molar refractivity (Wildman–Crippen MR) is 62.6 cm³/mol. The van der Waals surface area contributed by atoms with Crippen molar-refractivity contribution < 1.29 is 9.15 Å². The Labute approximate surface area is 102 Å². The lowest BCUT2D eigenvalue weighted by Crippen LogP contribution is -1.88. The molecule has 0 aliphatic carbocycles. The number of aromatic nitrogens is 1. The molecule has 0 spiro atoms. The molecule has 0 aliphatic rings. The average Bonchev–Trinajstić information content (AvgIpc) is 2.70. The Bertz CT molecular complexity index is 601. The summed E-state index contributed by atoms with van der Waals surface area (Å²) < 4.78 is 10.4. The number of nitriles is 1. The number of halogens is 1. The van der Waals surface area contributed by atoms with Crippen LogP contribution in [0.1, 0.15) is 5.69 Å². The van der Waals surface area contributed by atoms with Crippen LogP contribution in [-0.4, -0.2) is 12.1 Å². The molecule has 5 nitrogen and oxygen atoms in total. The van der Waals surface area contributed by atoms with Gasteiger partial charge in [-0.1, -0.05) is 11.6 Å². The number of hydrogen-bond acceptors (Lipinski definition) is 5. The van der Waals surface area contributed by atoms with Crippen LogP contribution in [0.4, 0.5) is 5.88 Å². The number of benzene rings is 1. The molecule has 0 amide bonds. The number of hydrogen-bond donors (Lipinski definition) is 1. The second-order valence-electron chi connectivity index (χ2n) is 3.19. The van der Waals surface area contributed by atoms with Crippen molar-refractivity contribution >= 4 is 17.5 Å². The molecular weight excluding hydrogens is 242 g/mol. The van der Waals surface area contributed by atoms with Crippen molar-refractivity contribution in [2.45, 2.75) is 0 Å². The van der Waals surface area contributed by atoms with Crippen LogP contribution in [-0.2, 0) is 0 Å². The fourth-order valence-electron chi connectivity index (χ4n) is 1.37. The maximum atomic E-state index is 8.74. The Morgan fingerprint density at radius 3 is 2.88 bits per heavy atom. The second kappa shape index (κ2) is 4.36. The van der Waals surface area contributed by atoms with Gasteiger partial charge in [0.2, 0.25) is 17.5 Å². The number of nitrogens with zero attached hydrogens (tertiary/aromatic N) is 2. The van der Waals surface area contributed by atoms with Crippen molar-refractivity contribution in [1.29, 1.82) is 5.26 Å². The van der Waals surface area contributed by atoms with Crippen molar-refractivity contribution in [1.82, 2.24) is 4.98 Å². The largest absolute Gasteiger partial charge is 0.496 e. The van der Waals surface area contributed by atoms with E-state index in [2.05, 4.69) is 4.98 Å². The van der Waals surface area contributed by atoms with Gasteiger partial charge in [-0.05, 0) is 18.2 Å². The van der Waals surface area contributed by atoms with E-state index in [-0.39, 0.29) is 17.5 Å². The van der Waals surface area contributed by atoms with Crippen LogP contribution < -0.4 is 10.5 Å². The summed E-state index contributed by atoms with van der Waals surface area (Å²) in [6.07, 6.45) is 0. The zero-order valence-electron chi connectivity index (χ0n) is 8.90. The number of methoxy groups -OCH3 is 1. The Hall–Kier alpha value is -2.19. The normalized spacial score (nSPS) is 9.94. The van der Waals surface area contributed by atoms with E-state index in [1.54, 1.807) is 18.2 Å². The first-order valence-electron chi connectivity index (χ1n) is 4.66. The van der Waals surface area contributed by atoms with Crippen molar-refractivity contribution in [3.8, 4) is 23.3 Å². The first kappa shape index (κ1) is 11.3. The Morgan fingerprint density at radius 1 is 1.53 bits per heavy atom. The van der Waals surface area contributed by atoms with E-state index >= 15 is 0 Å². The highest BCUT2D eigenvalue weighted by molar-refractivity contribution is 6.30. The third-order valence-electron chi connectivity index (χ3n) is 2.15. The lowest BCUT2D eigenvalue weighted by atomic mass is 10.2. The van der Waals surface area contributed by atoms with Gasteiger partial charge in [-0.25, -0.2) is 0 Å². The molecule has 1 aromatic heterocycles. The first-order chi connectivity index (χ1) is 8.15. The molecular formula is C11H8ClN3O2. The van der Waals surface area contributed by atoms with Crippen molar-refractivity contribution in [2.75, 3.05) is 12.8 Å². The number of oxazole rings is 1. The lowest BCUT2D eigenvalue weighted by Gasteiger charge is -2.04. The van der Waals surface area contributed by atoms with Gasteiger partial charge in [-0.3, -0.25) is 0 Å². The molecule has 0 saturated carbocycles. The predicted octanol–water partition coefficient (Wildman–Crippen LogP) is 2.46. The summed E-state index contributed by atoms with van der Waals surface area (Å²) in [7, 11) is 1.51. The number of ether oxygens (including phenoxy) is 1. The van der Waals surface area contributed by atoms with Crippen molar-refractivity contribution in [3.05, 3.63) is 28.9 Å². The molecule has 6 heteroatoms. The Balaban J connectivity index is 2.56. The minimum absolute atomic E-state index is 0.0143. The quantitative estimate of drug-likeness (QED) is 0.884. The van der Waals surface area contributed by atoms with E-state index in [0.717, 1.165) is 0 Å². The van der Waals surface area contributed by atoms with E-state index < -0.39 is 0 Å². The fourth-order valence-corrected chi connectivity index (χ4v) is 1.53. The van der Waals surface area contributed by atoms with Crippen LogP contribution in [0.3, 0.4) is 0 Å². The molecule has 0 saturated heterocycles. The minimum Gasteiger partial charge on any atom is -0.496 e. The molecule has 0 bridgehead atoms. The Kier molecular flexibility index (Phi) is 2.90. The molecule has 17 heavy (non-hydrogen) atoms. The summed E-state index contributed by atoms with van der Waals surface area (Å²) in [5.41, 5.74) is 6.13. The summed E-state index contributed by atoms with van der Waals surface area (Å²) in [6.45, 7) is 0. The zero-order chi connectivity index (χ0) is 12.4. The zero-order valence-corrected chi connectivity index (χ0v) is 9.65. The molecule has 2 aromatic rings. The molecule has 0 aliphatic heterocycles. The molecule has 1 aromatic carbocycles. The fraction of sp³-hybridized carbons (Fsp3) is 0.0909. The maximum absolute atomic E-state index is 8.74. The number of rotatable bonds is 2. The highest BCUT2D eigenvalue weighted by atomic mass is 35.5. The number of nitrogens with two attached hydrogens (primary N) is 1. The van der Waals surface area contributed by atoms with Gasteiger partial charge in [-0.15, -0.1) is 0 Å². The molecule has 0 radical (unpaired) electrons. The van der Waals surface area contributed by atoms with Gasteiger partial charge in [0.05, 0.1) is 12.7 Å². The summed E-state index contributed by atoms with van der Waals surface area (Å²) >= 11 is 5.84. The van der Waals surface area contributed by atoms with Gasteiger partial charge in [0.15, 0.2) is 0 Å². The maximum Gasteiger partial charge on any atom is 0.233 e. The summed E-state index contributed by atoms with van der Waals surface area (Å²) in [5.74, 6) is 0.718. The van der Waals surface area contributed by atoms with Crippen LogP contribution in [0.15, 0.2) is 22.6 Å². The molecule has 0 fully saturated rings. The second-order valence-corrected chi connectivity index (χ2v) is 3.62. The monoisotopic (exact) mass is 249 g/mol. The topological polar surface area (TPSA) is 85.1 Å². The van der Waals surface area contributed by atoms with Crippen LogP contribution in [0.2, 0.25) is 5.02 Å². The van der Waals surface area contributed by atoms with Crippen molar-refractivity contribution in [2.24, 2.45) is 0 Å². The summed E-state index contributed by atoms with van der Waals surface area (Å²) in [6, 6.07) is 6.83. The van der Waals surface area contributed by atoms with Crippen LogP contribution in [0.5, 0.6) is 5.75 Å². The lowest BCUT2D eigenvalue weighted by molar-refractivity contribution is 0.414. The smallest absolute Gasteiger partial charge is 0.233 e. The summed E-state index contributed by atoms with van der Waals surface area (Å²) in [4.78, 5) is 3.96. The minimum atomic E-state index is -0.0143. The van der Waals surface area contributed by atoms with E-state index in [1.165, 1.54) is 7.11 Å². The van der Waals surface area contributed by atoms with Gasteiger partial charge < -0.3 is 14.9 Å². The highest BCUT2D eigenvalue weighted by Gasteiger charge is 2.15. The van der Waals surface area contributed by atoms with E-state index in [1.807, 2.05) is 6.07 Å². The van der Waals surface area contributed by atoms with Crippen LogP contribution >= 0.6 is 11.6 Å². The molecule has 2 N–H and O–H groups in total. The summed E-state index contributed by atoms with van der Waals surface area (Å²) in [5, 5.41) is 9.28. The van der Waals surface area contributed by atoms with Crippen molar-refractivity contribution in [3.63, 3.8) is 0 Å². The van der Waals surface area contributed by atoms with Crippen LogP contribution in [0, 0.1) is 11.3 Å². The van der Waals surface area contributed by atoms with Gasteiger partial charge in [0.1, 0.15) is 11.8 Å². The molecule has 0 unspecified atom stereocenters. The third kappa shape index (κ3) is 2.03. The molecule has 0 atom stereocenters. The van der Waals surface area contributed by atoms with Gasteiger partial charge in [0, 0.05) is 5.02 Å². The standard InChI is InChI=1S/C11H8ClN3O2/c1-16-9-4-6(12)2-3-7(9)11-15-8(5-13)10(14)17-11/h2-4H,14H2,1H3. The molecule has 1 heterocycles. The van der Waals surface area contributed by atoms with Gasteiger partial charge in [-0.2, -0.15) is 10.2 Å². The Morgan fingerprint density at radius 2 is 2.29 bits per heavy atom. The molecule has 86 valence electrons. The van der Waals surface area contributed by atoms with E-state index in [9.17, 15) is 0 Å². The third-order valence-corrected chi connectivity index (χ3v) is 2.39. The average molecular weight is 250 g/mol. The molecule has 2 rings (SSSR count). The van der Waals surface area contributed by atoms with E-state index in [4.69, 9.17) is 31.8 Å². The van der Waals surface area contributed by atoms with Gasteiger partial charge in [0.25, 0.3) is 0 Å². The first-order valence-corrected chi connectivity index (χ1v) is 5.04. The number of anilines is 1.